The van der Waals surface area contributed by atoms with Crippen LogP contribution in [0.4, 0.5) is 0 Å². The van der Waals surface area contributed by atoms with E-state index in [1.807, 2.05) is 48.9 Å². The van der Waals surface area contributed by atoms with Crippen LogP contribution in [0.3, 0.4) is 0 Å². The Bertz CT molecular complexity index is 1040. The van der Waals surface area contributed by atoms with E-state index in [0.717, 1.165) is 75.7 Å². The maximum atomic E-state index is 4.74. The molecule has 3 aromatic heterocycles. The van der Waals surface area contributed by atoms with Crippen LogP contribution in [0.15, 0.2) is 102 Å². The molecule has 0 saturated carbocycles. The van der Waals surface area contributed by atoms with Gasteiger partial charge >= 0.3 is 0 Å². The third kappa shape index (κ3) is 9.00. The van der Waals surface area contributed by atoms with Crippen molar-refractivity contribution in [2.45, 2.75) is 32.5 Å². The summed E-state index contributed by atoms with van der Waals surface area (Å²) in [5.74, 6) is 0. The minimum atomic E-state index is 0.766. The molecule has 1 aliphatic heterocycles. The summed E-state index contributed by atoms with van der Waals surface area (Å²) >= 11 is 0. The van der Waals surface area contributed by atoms with E-state index in [1.54, 1.807) is 0 Å². The van der Waals surface area contributed by atoms with Crippen molar-refractivity contribution in [3.63, 3.8) is 0 Å². The van der Waals surface area contributed by atoms with Crippen LogP contribution in [0.1, 0.15) is 29.9 Å². The standard InChI is InChI=1S/C29H34N6/c1-2-7-16-30-26(11-3-1)15-20-34(23-27-12-4-8-17-31-27)21-22-35(24-28-13-5-9-18-32-28)25-29-14-6-10-19-33-29/h2-14,17-19H,1,15-16,20-25H2/b7-2-,11-3-,30-26+. The number of hydrogen-bond donors (Lipinski definition) is 0. The molecule has 0 saturated heterocycles. The van der Waals surface area contributed by atoms with E-state index in [1.165, 1.54) is 5.71 Å². The zero-order chi connectivity index (χ0) is 24.0. The predicted molar refractivity (Wildman–Crippen MR) is 142 cm³/mol. The van der Waals surface area contributed by atoms with Gasteiger partial charge < -0.3 is 0 Å². The summed E-state index contributed by atoms with van der Waals surface area (Å²) in [6, 6.07) is 18.3. The third-order valence-corrected chi connectivity index (χ3v) is 5.90. The Morgan fingerprint density at radius 1 is 0.600 bits per heavy atom. The Kier molecular flexibility index (Phi) is 9.89. The normalized spacial score (nSPS) is 16.9. The van der Waals surface area contributed by atoms with Gasteiger partial charge in [0.15, 0.2) is 0 Å². The van der Waals surface area contributed by atoms with Gasteiger partial charge in [-0.05, 0) is 48.9 Å². The summed E-state index contributed by atoms with van der Waals surface area (Å²) < 4.78 is 0. The van der Waals surface area contributed by atoms with Crippen LogP contribution in [0, 0.1) is 0 Å². The second-order valence-electron chi connectivity index (χ2n) is 8.64. The van der Waals surface area contributed by atoms with Gasteiger partial charge in [0.2, 0.25) is 0 Å². The number of nitrogens with zero attached hydrogens (tertiary/aromatic N) is 6. The third-order valence-electron chi connectivity index (χ3n) is 5.90. The Labute approximate surface area is 208 Å². The quantitative estimate of drug-likeness (QED) is 0.362. The van der Waals surface area contributed by atoms with Crippen molar-refractivity contribution in [3.05, 3.63) is 115 Å². The zero-order valence-electron chi connectivity index (χ0n) is 20.3. The van der Waals surface area contributed by atoms with Crippen molar-refractivity contribution in [1.29, 1.82) is 0 Å². The fraction of sp³-hybridized carbons (Fsp3) is 0.310. The fourth-order valence-electron chi connectivity index (χ4n) is 4.04. The molecule has 0 N–H and O–H groups in total. The van der Waals surface area contributed by atoms with Gasteiger partial charge in [0.25, 0.3) is 0 Å². The van der Waals surface area contributed by atoms with Crippen molar-refractivity contribution in [3.8, 4) is 0 Å². The van der Waals surface area contributed by atoms with Crippen LogP contribution in [-0.4, -0.2) is 56.6 Å². The molecule has 0 aromatic carbocycles. The molecule has 4 rings (SSSR count). The first-order valence-electron chi connectivity index (χ1n) is 12.3. The summed E-state index contributed by atoms with van der Waals surface area (Å²) in [7, 11) is 0. The highest BCUT2D eigenvalue weighted by Gasteiger charge is 2.14. The molecular formula is C29H34N6. The number of allylic oxidation sites excluding steroid dienone is 3. The minimum Gasteiger partial charge on any atom is -0.296 e. The second kappa shape index (κ2) is 14.0. The van der Waals surface area contributed by atoms with Crippen molar-refractivity contribution in [2.75, 3.05) is 26.2 Å². The number of hydrogen-bond acceptors (Lipinski definition) is 6. The molecular weight excluding hydrogens is 432 g/mol. The van der Waals surface area contributed by atoms with Crippen LogP contribution in [0.5, 0.6) is 0 Å². The van der Waals surface area contributed by atoms with Crippen molar-refractivity contribution in [1.82, 2.24) is 24.8 Å². The van der Waals surface area contributed by atoms with E-state index in [4.69, 9.17) is 4.99 Å². The van der Waals surface area contributed by atoms with E-state index in [0.29, 0.717) is 0 Å². The number of rotatable bonds is 12. The van der Waals surface area contributed by atoms with Crippen molar-refractivity contribution < 1.29 is 0 Å². The smallest absolute Gasteiger partial charge is 0.0573 e. The van der Waals surface area contributed by atoms with Gasteiger partial charge in [-0.2, -0.15) is 0 Å². The van der Waals surface area contributed by atoms with Gasteiger partial charge in [-0.25, -0.2) is 0 Å². The highest BCUT2D eigenvalue weighted by Crippen LogP contribution is 2.10. The zero-order valence-corrected chi connectivity index (χ0v) is 20.3. The molecule has 0 radical (unpaired) electrons. The summed E-state index contributed by atoms with van der Waals surface area (Å²) in [6.45, 7) is 5.93. The Hall–Kier alpha value is -3.48. The largest absolute Gasteiger partial charge is 0.296 e. The Balaban J connectivity index is 1.43. The molecule has 1 aliphatic rings. The minimum absolute atomic E-state index is 0.766. The van der Waals surface area contributed by atoms with Gasteiger partial charge in [-0.1, -0.05) is 36.4 Å². The summed E-state index contributed by atoms with van der Waals surface area (Å²) in [4.78, 5) is 23.3. The maximum absolute atomic E-state index is 4.74. The summed E-state index contributed by atoms with van der Waals surface area (Å²) in [6.07, 6.45) is 16.2. The van der Waals surface area contributed by atoms with Gasteiger partial charge in [0, 0.05) is 70.0 Å². The highest BCUT2D eigenvalue weighted by molar-refractivity contribution is 5.95. The topological polar surface area (TPSA) is 57.5 Å². The van der Waals surface area contributed by atoms with Crippen molar-refractivity contribution >= 4 is 5.71 Å². The van der Waals surface area contributed by atoms with E-state index in [-0.39, 0.29) is 0 Å². The average Bonchev–Trinajstić information content (AvgIpc) is 2.88. The Morgan fingerprint density at radius 2 is 1.17 bits per heavy atom. The van der Waals surface area contributed by atoms with E-state index in [9.17, 15) is 0 Å². The molecule has 6 heteroatoms. The summed E-state index contributed by atoms with van der Waals surface area (Å²) in [5.41, 5.74) is 4.40. The molecule has 3 aromatic rings. The molecule has 0 spiro atoms. The van der Waals surface area contributed by atoms with Crippen LogP contribution in [-0.2, 0) is 19.6 Å². The lowest BCUT2D eigenvalue weighted by atomic mass is 10.2. The first kappa shape index (κ1) is 24.6. The molecule has 0 atom stereocenters. The molecule has 0 unspecified atom stereocenters. The van der Waals surface area contributed by atoms with Crippen LogP contribution in [0.25, 0.3) is 0 Å². The molecule has 0 aliphatic carbocycles. The van der Waals surface area contributed by atoms with E-state index < -0.39 is 0 Å². The first-order valence-corrected chi connectivity index (χ1v) is 12.3. The van der Waals surface area contributed by atoms with Crippen LogP contribution >= 0.6 is 0 Å². The van der Waals surface area contributed by atoms with Crippen LogP contribution < -0.4 is 0 Å². The van der Waals surface area contributed by atoms with E-state index in [2.05, 4.69) is 73.3 Å². The first-order chi connectivity index (χ1) is 17.3. The molecule has 0 bridgehead atoms. The molecule has 4 heterocycles. The lowest BCUT2D eigenvalue weighted by Crippen LogP contribution is -2.36. The number of aliphatic imine (C=N–C) groups is 1. The van der Waals surface area contributed by atoms with Crippen molar-refractivity contribution in [2.24, 2.45) is 4.99 Å². The second-order valence-corrected chi connectivity index (χ2v) is 8.64. The molecule has 0 amide bonds. The predicted octanol–water partition coefficient (Wildman–Crippen LogP) is 4.72. The lowest BCUT2D eigenvalue weighted by molar-refractivity contribution is 0.186. The average molecular weight is 467 g/mol. The van der Waals surface area contributed by atoms with Gasteiger partial charge in [-0.3, -0.25) is 29.7 Å². The lowest BCUT2D eigenvalue weighted by Gasteiger charge is -2.27. The maximum Gasteiger partial charge on any atom is 0.0573 e. The number of aromatic nitrogens is 3. The van der Waals surface area contributed by atoms with Gasteiger partial charge in [0.1, 0.15) is 0 Å². The van der Waals surface area contributed by atoms with E-state index >= 15 is 0 Å². The monoisotopic (exact) mass is 466 g/mol. The molecule has 0 fully saturated rings. The molecule has 6 nitrogen and oxygen atoms in total. The molecule has 180 valence electrons. The highest BCUT2D eigenvalue weighted by atomic mass is 15.2. The SMILES string of the molecule is C1=C\C/N=C(CCN(CCN(Cc2ccccn2)Cc2ccccn2)Cc2ccccn2)\C=C/C/1. The summed E-state index contributed by atoms with van der Waals surface area (Å²) in [5, 5.41) is 0. The Morgan fingerprint density at radius 3 is 1.74 bits per heavy atom. The fourth-order valence-corrected chi connectivity index (χ4v) is 4.04. The molecule has 35 heavy (non-hydrogen) atoms. The van der Waals surface area contributed by atoms with Gasteiger partial charge in [-0.15, -0.1) is 0 Å². The van der Waals surface area contributed by atoms with Crippen LogP contribution in [0.2, 0.25) is 0 Å². The number of pyridine rings is 3. The van der Waals surface area contributed by atoms with Gasteiger partial charge in [0.05, 0.1) is 23.6 Å².